The zero-order chi connectivity index (χ0) is 12.0. The van der Waals surface area contributed by atoms with E-state index in [9.17, 15) is 4.79 Å². The van der Waals surface area contributed by atoms with Crippen LogP contribution in [0.1, 0.15) is 32.1 Å². The maximum absolute atomic E-state index is 12.0. The highest BCUT2D eigenvalue weighted by molar-refractivity contribution is 5.77. The van der Waals surface area contributed by atoms with Gasteiger partial charge in [-0.05, 0) is 12.8 Å². The van der Waals surface area contributed by atoms with Gasteiger partial charge in [0.25, 0.3) is 0 Å². The Labute approximate surface area is 97.1 Å². The van der Waals surface area contributed by atoms with Crippen LogP contribution >= 0.6 is 0 Å². The molecular formula is C12H22N2O2. The number of carbonyl (C=O) groups is 1. The van der Waals surface area contributed by atoms with E-state index in [-0.39, 0.29) is 18.1 Å². The molecule has 0 atom stereocenters. The van der Waals surface area contributed by atoms with Gasteiger partial charge in [0.05, 0.1) is 6.61 Å². The lowest BCUT2D eigenvalue weighted by atomic mass is 9.94. The first-order valence-corrected chi connectivity index (χ1v) is 5.90. The van der Waals surface area contributed by atoms with E-state index in [4.69, 9.17) is 10.8 Å². The Morgan fingerprint density at radius 1 is 1.50 bits per heavy atom. The molecule has 92 valence electrons. The predicted molar refractivity (Wildman–Crippen MR) is 63.9 cm³/mol. The summed E-state index contributed by atoms with van der Waals surface area (Å²) in [5.74, 6) is 0.0263. The minimum Gasteiger partial charge on any atom is -0.395 e. The number of rotatable bonds is 6. The van der Waals surface area contributed by atoms with Crippen molar-refractivity contribution in [1.82, 2.24) is 4.90 Å². The highest BCUT2D eigenvalue weighted by Crippen LogP contribution is 2.30. The second-order valence-electron chi connectivity index (χ2n) is 4.60. The maximum Gasteiger partial charge on any atom is 0.224 e. The zero-order valence-corrected chi connectivity index (χ0v) is 9.82. The molecule has 1 fully saturated rings. The van der Waals surface area contributed by atoms with E-state index in [0.29, 0.717) is 19.5 Å². The SMILES string of the molecule is C=CCN(CCO)C(=O)CC1(N)CCCC1. The quantitative estimate of drug-likeness (QED) is 0.654. The van der Waals surface area contributed by atoms with Crippen LogP contribution in [0, 0.1) is 0 Å². The molecule has 0 aromatic heterocycles. The van der Waals surface area contributed by atoms with E-state index in [1.807, 2.05) is 0 Å². The van der Waals surface area contributed by atoms with Gasteiger partial charge in [0.2, 0.25) is 5.91 Å². The number of nitrogens with two attached hydrogens (primary N) is 1. The van der Waals surface area contributed by atoms with Crippen molar-refractivity contribution in [2.24, 2.45) is 5.73 Å². The first kappa shape index (κ1) is 13.2. The van der Waals surface area contributed by atoms with Crippen molar-refractivity contribution < 1.29 is 9.90 Å². The summed E-state index contributed by atoms with van der Waals surface area (Å²) in [6.45, 7) is 4.43. The number of aliphatic hydroxyl groups is 1. The Bertz CT molecular complexity index is 247. The molecule has 0 aliphatic heterocycles. The summed E-state index contributed by atoms with van der Waals surface area (Å²) >= 11 is 0. The van der Waals surface area contributed by atoms with E-state index in [1.165, 1.54) is 0 Å². The molecule has 1 saturated carbocycles. The fourth-order valence-electron chi connectivity index (χ4n) is 2.26. The average Bonchev–Trinajstić information content (AvgIpc) is 2.64. The molecule has 1 amide bonds. The topological polar surface area (TPSA) is 66.6 Å². The molecule has 1 aliphatic carbocycles. The third-order valence-corrected chi connectivity index (χ3v) is 3.17. The summed E-state index contributed by atoms with van der Waals surface area (Å²) in [5.41, 5.74) is 5.84. The highest BCUT2D eigenvalue weighted by Gasteiger charge is 2.32. The molecule has 0 spiro atoms. The van der Waals surface area contributed by atoms with Crippen LogP contribution in [-0.2, 0) is 4.79 Å². The van der Waals surface area contributed by atoms with Gasteiger partial charge >= 0.3 is 0 Å². The van der Waals surface area contributed by atoms with Gasteiger partial charge in [0.1, 0.15) is 0 Å². The van der Waals surface area contributed by atoms with E-state index in [2.05, 4.69) is 6.58 Å². The monoisotopic (exact) mass is 226 g/mol. The number of carbonyl (C=O) groups excluding carboxylic acids is 1. The number of aliphatic hydroxyl groups excluding tert-OH is 1. The van der Waals surface area contributed by atoms with Crippen LogP contribution < -0.4 is 5.73 Å². The van der Waals surface area contributed by atoms with Crippen LogP contribution in [0.3, 0.4) is 0 Å². The van der Waals surface area contributed by atoms with Crippen LogP contribution in [0.25, 0.3) is 0 Å². The third kappa shape index (κ3) is 3.61. The number of amides is 1. The van der Waals surface area contributed by atoms with Gasteiger partial charge in [0.15, 0.2) is 0 Å². The second kappa shape index (κ2) is 6.01. The van der Waals surface area contributed by atoms with Gasteiger partial charge in [-0.15, -0.1) is 6.58 Å². The molecule has 1 rings (SSSR count). The van der Waals surface area contributed by atoms with Gasteiger partial charge in [-0.25, -0.2) is 0 Å². The molecule has 0 unspecified atom stereocenters. The second-order valence-corrected chi connectivity index (χ2v) is 4.60. The number of hydrogen-bond donors (Lipinski definition) is 2. The number of hydrogen-bond acceptors (Lipinski definition) is 3. The summed E-state index contributed by atoms with van der Waals surface area (Å²) in [6, 6.07) is 0. The van der Waals surface area contributed by atoms with Crippen molar-refractivity contribution in [3.63, 3.8) is 0 Å². The van der Waals surface area contributed by atoms with Crippen LogP contribution in [0.2, 0.25) is 0 Å². The van der Waals surface area contributed by atoms with Crippen molar-refractivity contribution in [3.8, 4) is 0 Å². The fourth-order valence-corrected chi connectivity index (χ4v) is 2.26. The molecule has 0 heterocycles. The Morgan fingerprint density at radius 2 is 2.12 bits per heavy atom. The summed E-state index contributed by atoms with van der Waals surface area (Å²) in [5, 5.41) is 8.88. The van der Waals surface area contributed by atoms with Crippen LogP contribution in [-0.4, -0.2) is 41.1 Å². The maximum atomic E-state index is 12.0. The number of nitrogens with zero attached hydrogens (tertiary/aromatic N) is 1. The predicted octanol–water partition coefficient (Wildman–Crippen LogP) is 0.655. The van der Waals surface area contributed by atoms with Crippen molar-refractivity contribution in [3.05, 3.63) is 12.7 Å². The Hall–Kier alpha value is -0.870. The Balaban J connectivity index is 2.50. The largest absolute Gasteiger partial charge is 0.395 e. The first-order valence-electron chi connectivity index (χ1n) is 5.90. The highest BCUT2D eigenvalue weighted by atomic mass is 16.3. The van der Waals surface area contributed by atoms with E-state index in [0.717, 1.165) is 25.7 Å². The molecule has 0 aromatic rings. The van der Waals surface area contributed by atoms with Crippen LogP contribution in [0.5, 0.6) is 0 Å². The molecule has 1 aliphatic rings. The minimum absolute atomic E-state index is 0.0167. The molecule has 3 N–H and O–H groups in total. The summed E-state index contributed by atoms with van der Waals surface area (Å²) in [4.78, 5) is 13.6. The van der Waals surface area contributed by atoms with Gasteiger partial charge < -0.3 is 15.7 Å². The van der Waals surface area contributed by atoms with Crippen molar-refractivity contribution in [2.75, 3.05) is 19.7 Å². The first-order chi connectivity index (χ1) is 7.61. The smallest absolute Gasteiger partial charge is 0.224 e. The van der Waals surface area contributed by atoms with Crippen molar-refractivity contribution in [1.29, 1.82) is 0 Å². The van der Waals surface area contributed by atoms with Gasteiger partial charge in [-0.2, -0.15) is 0 Å². The molecule has 0 radical (unpaired) electrons. The zero-order valence-electron chi connectivity index (χ0n) is 9.82. The lowest BCUT2D eigenvalue weighted by Gasteiger charge is -2.27. The van der Waals surface area contributed by atoms with Gasteiger partial charge in [-0.3, -0.25) is 4.79 Å². The van der Waals surface area contributed by atoms with Crippen LogP contribution in [0.15, 0.2) is 12.7 Å². The molecule has 4 heteroatoms. The summed E-state index contributed by atoms with van der Waals surface area (Å²) in [7, 11) is 0. The lowest BCUT2D eigenvalue weighted by Crippen LogP contribution is -2.44. The Kier molecular flexibility index (Phi) is 4.96. The summed E-state index contributed by atoms with van der Waals surface area (Å²) < 4.78 is 0. The molecule has 16 heavy (non-hydrogen) atoms. The van der Waals surface area contributed by atoms with E-state index in [1.54, 1.807) is 11.0 Å². The molecule has 0 bridgehead atoms. The van der Waals surface area contributed by atoms with Gasteiger partial charge in [0, 0.05) is 25.0 Å². The molecule has 0 aromatic carbocycles. The fraction of sp³-hybridized carbons (Fsp3) is 0.750. The molecule has 4 nitrogen and oxygen atoms in total. The van der Waals surface area contributed by atoms with E-state index < -0.39 is 0 Å². The standard InChI is InChI=1S/C12H22N2O2/c1-2-7-14(8-9-15)11(16)10-12(13)5-3-4-6-12/h2,15H,1,3-10,13H2. The van der Waals surface area contributed by atoms with Crippen molar-refractivity contribution >= 4 is 5.91 Å². The third-order valence-electron chi connectivity index (χ3n) is 3.17. The lowest BCUT2D eigenvalue weighted by molar-refractivity contribution is -0.132. The van der Waals surface area contributed by atoms with Gasteiger partial charge in [-0.1, -0.05) is 18.9 Å². The van der Waals surface area contributed by atoms with E-state index >= 15 is 0 Å². The normalized spacial score (nSPS) is 18.4. The summed E-state index contributed by atoms with van der Waals surface area (Å²) in [6.07, 6.45) is 6.16. The molecular weight excluding hydrogens is 204 g/mol. The van der Waals surface area contributed by atoms with Crippen molar-refractivity contribution in [2.45, 2.75) is 37.6 Å². The molecule has 0 saturated heterocycles. The minimum atomic E-state index is -0.314. The Morgan fingerprint density at radius 3 is 2.62 bits per heavy atom. The average molecular weight is 226 g/mol. The van der Waals surface area contributed by atoms with Crippen LogP contribution in [0.4, 0.5) is 0 Å².